The summed E-state index contributed by atoms with van der Waals surface area (Å²) in [7, 11) is 1.76. The van der Waals surface area contributed by atoms with Crippen LogP contribution >= 0.6 is 11.6 Å². The molecule has 4 aromatic rings. The number of halogens is 1. The van der Waals surface area contributed by atoms with E-state index in [-0.39, 0.29) is 30.0 Å². The van der Waals surface area contributed by atoms with Gasteiger partial charge in [0.2, 0.25) is 0 Å². The molecule has 1 saturated heterocycles. The van der Waals surface area contributed by atoms with Crippen molar-refractivity contribution in [3.05, 3.63) is 80.7 Å². The number of aryl methyl sites for hydroxylation is 1. The third kappa shape index (κ3) is 5.60. The molecule has 3 atom stereocenters. The van der Waals surface area contributed by atoms with E-state index in [4.69, 9.17) is 25.8 Å². The van der Waals surface area contributed by atoms with Crippen LogP contribution in [0.4, 0.5) is 0 Å². The summed E-state index contributed by atoms with van der Waals surface area (Å²) in [6.07, 6.45) is 2.64. The first-order valence-corrected chi connectivity index (χ1v) is 13.9. The molecular formula is C30H31ClN4O5. The summed E-state index contributed by atoms with van der Waals surface area (Å²) in [6.45, 7) is 3.69. The Labute approximate surface area is 236 Å². The molecule has 0 unspecified atom stereocenters. The van der Waals surface area contributed by atoms with Crippen molar-refractivity contribution in [3.8, 4) is 11.1 Å². The molecule has 2 aliphatic heterocycles. The Hall–Kier alpha value is -3.37. The number of hydrogen-bond acceptors (Lipinski definition) is 7. The summed E-state index contributed by atoms with van der Waals surface area (Å²) < 4.78 is 19.2. The second-order valence-corrected chi connectivity index (χ2v) is 11.0. The number of fused-ring (bicyclic) bond motifs is 4. The van der Waals surface area contributed by atoms with Crippen LogP contribution in [0.2, 0.25) is 5.02 Å². The van der Waals surface area contributed by atoms with Gasteiger partial charge in [0.1, 0.15) is 11.0 Å². The smallest absolute Gasteiger partial charge is 0.251 e. The molecule has 0 amide bonds. The number of ether oxygens (including phenoxy) is 3. The first-order chi connectivity index (χ1) is 19.3. The molecule has 0 saturated carbocycles. The lowest BCUT2D eigenvalue weighted by Crippen LogP contribution is -2.37. The SMILES string of the molecule is C[C@@H]1Cc2ccc(Cl)cc2-c2cc(=O)n([C@@H](C[C@@H]3COCCO3)C(=O)Cc3ccc4nn(C)nc4c3)cc2CO1. The fraction of sp³-hybridized carbons (Fsp3) is 0.400. The van der Waals surface area contributed by atoms with Crippen molar-refractivity contribution in [1.82, 2.24) is 19.6 Å². The Bertz CT molecular complexity index is 1620. The molecule has 40 heavy (non-hydrogen) atoms. The lowest BCUT2D eigenvalue weighted by molar-refractivity contribution is -0.126. The zero-order chi connectivity index (χ0) is 27.8. The van der Waals surface area contributed by atoms with E-state index < -0.39 is 6.04 Å². The number of nitrogens with zero attached hydrogens (tertiary/aromatic N) is 4. The van der Waals surface area contributed by atoms with Gasteiger partial charge < -0.3 is 18.8 Å². The number of Topliss-reactive ketones (excluding diaryl/α,β-unsaturated/α-hetero) is 1. The molecule has 2 aromatic carbocycles. The maximum absolute atomic E-state index is 13.9. The summed E-state index contributed by atoms with van der Waals surface area (Å²) in [4.78, 5) is 29.1. The fourth-order valence-electron chi connectivity index (χ4n) is 5.60. The number of carbonyl (C=O) groups excluding carboxylic acids is 1. The van der Waals surface area contributed by atoms with Gasteiger partial charge >= 0.3 is 0 Å². The Morgan fingerprint density at radius 2 is 1.88 bits per heavy atom. The second kappa shape index (κ2) is 11.2. The maximum atomic E-state index is 13.9. The van der Waals surface area contributed by atoms with Crippen LogP contribution in [0.1, 0.15) is 36.1 Å². The van der Waals surface area contributed by atoms with Gasteiger partial charge in [-0.2, -0.15) is 15.0 Å². The van der Waals surface area contributed by atoms with Crippen molar-refractivity contribution in [2.75, 3.05) is 19.8 Å². The lowest BCUT2D eigenvalue weighted by Gasteiger charge is -2.29. The van der Waals surface area contributed by atoms with Crippen LogP contribution in [0.25, 0.3) is 22.2 Å². The summed E-state index contributed by atoms with van der Waals surface area (Å²) in [5.41, 5.74) is 5.62. The lowest BCUT2D eigenvalue weighted by atomic mass is 9.92. The van der Waals surface area contributed by atoms with E-state index >= 15 is 0 Å². The van der Waals surface area contributed by atoms with Crippen molar-refractivity contribution in [2.45, 2.75) is 51.0 Å². The standard InChI is InChI=1S/C30H31ClN4O5/c1-18-9-20-4-5-22(31)12-24(20)25-14-30(37)35(15-21(25)16-40-18)28(13-23-17-38-7-8-39-23)29(36)11-19-3-6-26-27(10-19)33-34(2)32-26/h3-6,10,12,14-15,18,23,28H,7-9,11,13,16-17H2,1-2H3/t18-,23-,28+/m1/s1. The third-order valence-corrected chi connectivity index (χ3v) is 7.79. The van der Waals surface area contributed by atoms with Gasteiger partial charge in [-0.05, 0) is 59.9 Å². The number of aromatic nitrogens is 4. The number of pyridine rings is 1. The molecule has 9 nitrogen and oxygen atoms in total. The van der Waals surface area contributed by atoms with Crippen LogP contribution in [0, 0.1) is 0 Å². The highest BCUT2D eigenvalue weighted by Crippen LogP contribution is 2.33. The van der Waals surface area contributed by atoms with Gasteiger partial charge in [0.25, 0.3) is 5.56 Å². The van der Waals surface area contributed by atoms with Crippen molar-refractivity contribution < 1.29 is 19.0 Å². The monoisotopic (exact) mass is 562 g/mol. The van der Waals surface area contributed by atoms with E-state index in [1.807, 2.05) is 43.3 Å². The van der Waals surface area contributed by atoms with Gasteiger partial charge in [-0.1, -0.05) is 23.7 Å². The molecule has 10 heteroatoms. The zero-order valence-electron chi connectivity index (χ0n) is 22.5. The first kappa shape index (κ1) is 26.8. The highest BCUT2D eigenvalue weighted by Gasteiger charge is 2.29. The van der Waals surface area contributed by atoms with E-state index in [1.54, 1.807) is 23.9 Å². The summed E-state index contributed by atoms with van der Waals surface area (Å²) in [6, 6.07) is 12.2. The number of benzene rings is 2. The average molecular weight is 563 g/mol. The minimum Gasteiger partial charge on any atom is -0.376 e. The average Bonchev–Trinajstić information content (AvgIpc) is 3.31. The van der Waals surface area contributed by atoms with Gasteiger partial charge in [0, 0.05) is 42.7 Å². The van der Waals surface area contributed by atoms with Gasteiger partial charge in [-0.25, -0.2) is 0 Å². The molecule has 2 aliphatic rings. The Kier molecular flexibility index (Phi) is 7.55. The molecule has 0 bridgehead atoms. The Balaban J connectivity index is 1.39. The van der Waals surface area contributed by atoms with Crippen LogP contribution in [0.3, 0.4) is 0 Å². The molecular weight excluding hydrogens is 532 g/mol. The molecule has 0 spiro atoms. The third-order valence-electron chi connectivity index (χ3n) is 7.56. The highest BCUT2D eigenvalue weighted by atomic mass is 35.5. The minimum absolute atomic E-state index is 0.0188. The molecule has 0 aliphatic carbocycles. The topological polar surface area (TPSA) is 97.5 Å². The summed E-state index contributed by atoms with van der Waals surface area (Å²) in [5.74, 6) is -0.0944. The maximum Gasteiger partial charge on any atom is 0.251 e. The zero-order valence-corrected chi connectivity index (χ0v) is 23.3. The Morgan fingerprint density at radius 3 is 2.70 bits per heavy atom. The van der Waals surface area contributed by atoms with Crippen LogP contribution in [0.5, 0.6) is 0 Å². The van der Waals surface area contributed by atoms with E-state index in [1.165, 1.54) is 4.80 Å². The molecule has 0 N–H and O–H groups in total. The molecule has 6 rings (SSSR count). The molecule has 2 aromatic heterocycles. The normalized spacial score (nSPS) is 19.9. The van der Waals surface area contributed by atoms with Crippen LogP contribution in [-0.4, -0.2) is 57.4 Å². The number of rotatable bonds is 6. The summed E-state index contributed by atoms with van der Waals surface area (Å²) >= 11 is 6.37. The van der Waals surface area contributed by atoms with Gasteiger partial charge in [0.15, 0.2) is 5.78 Å². The largest absolute Gasteiger partial charge is 0.376 e. The van der Waals surface area contributed by atoms with Crippen LogP contribution < -0.4 is 5.56 Å². The first-order valence-electron chi connectivity index (χ1n) is 13.5. The van der Waals surface area contributed by atoms with E-state index in [0.717, 1.165) is 38.9 Å². The number of carbonyl (C=O) groups is 1. The number of ketones is 1. The van der Waals surface area contributed by atoms with Gasteiger partial charge in [0.05, 0.1) is 44.7 Å². The van der Waals surface area contributed by atoms with Crippen LogP contribution in [0.15, 0.2) is 53.5 Å². The quantitative estimate of drug-likeness (QED) is 0.349. The number of hydrogen-bond donors (Lipinski definition) is 0. The van der Waals surface area contributed by atoms with Crippen molar-refractivity contribution in [3.63, 3.8) is 0 Å². The van der Waals surface area contributed by atoms with E-state index in [9.17, 15) is 9.59 Å². The van der Waals surface area contributed by atoms with E-state index in [2.05, 4.69) is 10.2 Å². The van der Waals surface area contributed by atoms with Crippen molar-refractivity contribution in [2.24, 2.45) is 7.05 Å². The van der Waals surface area contributed by atoms with Crippen molar-refractivity contribution >= 4 is 28.4 Å². The fourth-order valence-corrected chi connectivity index (χ4v) is 5.77. The van der Waals surface area contributed by atoms with Crippen LogP contribution in [-0.2, 0) is 45.5 Å². The Morgan fingerprint density at radius 1 is 1.05 bits per heavy atom. The van der Waals surface area contributed by atoms with E-state index in [0.29, 0.717) is 44.3 Å². The van der Waals surface area contributed by atoms with Crippen molar-refractivity contribution in [1.29, 1.82) is 0 Å². The molecule has 0 radical (unpaired) electrons. The highest BCUT2D eigenvalue weighted by molar-refractivity contribution is 6.30. The second-order valence-electron chi connectivity index (χ2n) is 10.6. The predicted molar refractivity (Wildman–Crippen MR) is 151 cm³/mol. The summed E-state index contributed by atoms with van der Waals surface area (Å²) in [5, 5.41) is 9.28. The van der Waals surface area contributed by atoms with Gasteiger partial charge in [-0.15, -0.1) is 0 Å². The molecule has 4 heterocycles. The van der Waals surface area contributed by atoms with Gasteiger partial charge in [-0.3, -0.25) is 9.59 Å². The minimum atomic E-state index is -0.747. The molecule has 1 fully saturated rings. The molecule has 208 valence electrons. The predicted octanol–water partition coefficient (Wildman–Crippen LogP) is 4.07.